The molecule has 0 radical (unpaired) electrons. The van der Waals surface area contributed by atoms with E-state index >= 15 is 0 Å². The summed E-state index contributed by atoms with van der Waals surface area (Å²) in [4.78, 5) is 28.9. The quantitative estimate of drug-likeness (QED) is 0.713. The Hall–Kier alpha value is -3.23. The van der Waals surface area contributed by atoms with Gasteiger partial charge in [0.1, 0.15) is 5.82 Å². The lowest BCUT2D eigenvalue weighted by atomic mass is 10.4. The van der Waals surface area contributed by atoms with E-state index in [2.05, 4.69) is 20.1 Å². The lowest BCUT2D eigenvalue weighted by Gasteiger charge is -2.12. The predicted octanol–water partition coefficient (Wildman–Crippen LogP) is 1.52. The van der Waals surface area contributed by atoms with Crippen LogP contribution in [-0.4, -0.2) is 60.2 Å². The second kappa shape index (κ2) is 5.94. The molecule has 9 heteroatoms. The van der Waals surface area contributed by atoms with E-state index in [0.29, 0.717) is 24.7 Å². The fourth-order valence-corrected chi connectivity index (χ4v) is 2.94. The summed E-state index contributed by atoms with van der Waals surface area (Å²) in [5, 5.41) is 4.49. The highest BCUT2D eigenvalue weighted by Crippen LogP contribution is 2.19. The van der Waals surface area contributed by atoms with E-state index in [1.165, 1.54) is 0 Å². The Morgan fingerprint density at radius 3 is 2.62 bits per heavy atom. The molecule has 9 nitrogen and oxygen atoms in total. The topological polar surface area (TPSA) is 84.5 Å². The molecule has 26 heavy (non-hydrogen) atoms. The summed E-state index contributed by atoms with van der Waals surface area (Å²) < 4.78 is 3.66. The van der Waals surface area contributed by atoms with Gasteiger partial charge in [0, 0.05) is 39.6 Å². The van der Waals surface area contributed by atoms with Crippen LogP contribution in [0.1, 0.15) is 23.0 Å². The minimum absolute atomic E-state index is 0.0286. The summed E-state index contributed by atoms with van der Waals surface area (Å²) >= 11 is 0. The number of amides is 2. The molecule has 1 fully saturated rings. The first-order chi connectivity index (χ1) is 12.4. The maximum absolute atomic E-state index is 12.1. The van der Waals surface area contributed by atoms with Gasteiger partial charge in [0.2, 0.25) is 0 Å². The Morgan fingerprint density at radius 2 is 1.92 bits per heavy atom. The van der Waals surface area contributed by atoms with Crippen molar-refractivity contribution in [3.63, 3.8) is 0 Å². The molecule has 1 saturated heterocycles. The maximum Gasteiger partial charge on any atom is 0.325 e. The van der Waals surface area contributed by atoms with Crippen molar-refractivity contribution in [3.8, 4) is 0 Å². The Balaban J connectivity index is 1.63. The SMILES string of the molecule is Cc1ncc(C)n2nc(C=Cc3nc(N4CCN(C)C4=O)cn3C)nc12. The number of anilines is 1. The Labute approximate surface area is 150 Å². The van der Waals surface area contributed by atoms with Crippen molar-refractivity contribution in [1.29, 1.82) is 0 Å². The van der Waals surface area contributed by atoms with E-state index in [0.717, 1.165) is 22.9 Å². The van der Waals surface area contributed by atoms with E-state index in [1.54, 1.807) is 27.6 Å². The molecule has 0 aromatic carbocycles. The van der Waals surface area contributed by atoms with E-state index in [-0.39, 0.29) is 6.03 Å². The summed E-state index contributed by atoms with van der Waals surface area (Å²) in [6, 6.07) is -0.0286. The average molecular weight is 352 g/mol. The van der Waals surface area contributed by atoms with Crippen LogP contribution in [0.25, 0.3) is 17.8 Å². The number of hydrogen-bond acceptors (Lipinski definition) is 5. The summed E-state index contributed by atoms with van der Waals surface area (Å²) in [5.41, 5.74) is 2.50. The predicted molar refractivity (Wildman–Crippen MR) is 97.8 cm³/mol. The third kappa shape index (κ3) is 2.61. The number of urea groups is 1. The van der Waals surface area contributed by atoms with Crippen molar-refractivity contribution >= 4 is 29.6 Å². The first-order valence-electron chi connectivity index (χ1n) is 8.37. The van der Waals surface area contributed by atoms with Gasteiger partial charge < -0.3 is 9.47 Å². The van der Waals surface area contributed by atoms with Crippen LogP contribution in [-0.2, 0) is 7.05 Å². The Morgan fingerprint density at radius 1 is 1.12 bits per heavy atom. The monoisotopic (exact) mass is 352 g/mol. The number of rotatable bonds is 3. The van der Waals surface area contributed by atoms with Gasteiger partial charge in [0.25, 0.3) is 0 Å². The van der Waals surface area contributed by atoms with Crippen molar-refractivity contribution in [1.82, 2.24) is 34.0 Å². The molecule has 0 atom stereocenters. The second-order valence-electron chi connectivity index (χ2n) is 6.45. The van der Waals surface area contributed by atoms with Crippen molar-refractivity contribution in [2.45, 2.75) is 13.8 Å². The fourth-order valence-electron chi connectivity index (χ4n) is 2.94. The number of imidazole rings is 1. The van der Waals surface area contributed by atoms with Gasteiger partial charge in [-0.2, -0.15) is 0 Å². The van der Waals surface area contributed by atoms with Gasteiger partial charge in [-0.25, -0.2) is 19.3 Å². The molecule has 0 unspecified atom stereocenters. The highest BCUT2D eigenvalue weighted by molar-refractivity contribution is 5.93. The van der Waals surface area contributed by atoms with Crippen molar-refractivity contribution in [3.05, 3.63) is 35.4 Å². The molecular weight excluding hydrogens is 332 g/mol. The van der Waals surface area contributed by atoms with Crippen LogP contribution in [0.3, 0.4) is 0 Å². The number of carbonyl (C=O) groups is 1. The standard InChI is InChI=1S/C17H20N8O/c1-11-9-18-12(2)16-19-13(21-25(11)16)5-6-14-20-15(10-23(14)4)24-8-7-22(3)17(24)26/h5-6,9-10H,7-8H2,1-4H3. The summed E-state index contributed by atoms with van der Waals surface area (Å²) in [5.74, 6) is 1.97. The number of hydrogen-bond donors (Lipinski definition) is 0. The molecule has 0 aliphatic carbocycles. The molecule has 0 saturated carbocycles. The average Bonchev–Trinajstić information content (AvgIpc) is 3.29. The van der Waals surface area contributed by atoms with Gasteiger partial charge in [0.05, 0.1) is 11.4 Å². The molecule has 2 amide bonds. The van der Waals surface area contributed by atoms with Crippen LogP contribution in [0.5, 0.6) is 0 Å². The molecule has 0 bridgehead atoms. The number of aromatic nitrogens is 6. The number of aryl methyl sites for hydroxylation is 3. The zero-order chi connectivity index (χ0) is 18.4. The number of nitrogens with zero attached hydrogens (tertiary/aromatic N) is 8. The molecule has 3 aromatic heterocycles. The highest BCUT2D eigenvalue weighted by atomic mass is 16.2. The van der Waals surface area contributed by atoms with Crippen molar-refractivity contribution in [2.75, 3.05) is 25.0 Å². The first kappa shape index (κ1) is 16.2. The van der Waals surface area contributed by atoms with Crippen LogP contribution in [0.15, 0.2) is 12.4 Å². The molecule has 134 valence electrons. The minimum atomic E-state index is -0.0286. The zero-order valence-electron chi connectivity index (χ0n) is 15.2. The van der Waals surface area contributed by atoms with Gasteiger partial charge in [-0.05, 0) is 26.0 Å². The molecule has 1 aliphatic rings. The van der Waals surface area contributed by atoms with Crippen LogP contribution < -0.4 is 4.90 Å². The molecule has 0 spiro atoms. The number of fused-ring (bicyclic) bond motifs is 1. The van der Waals surface area contributed by atoms with Gasteiger partial charge >= 0.3 is 6.03 Å². The normalized spacial score (nSPS) is 15.2. The lowest BCUT2D eigenvalue weighted by molar-refractivity contribution is 0.229. The van der Waals surface area contributed by atoms with Gasteiger partial charge in [0.15, 0.2) is 17.3 Å². The molecule has 4 rings (SSSR count). The lowest BCUT2D eigenvalue weighted by Crippen LogP contribution is -2.29. The first-order valence-corrected chi connectivity index (χ1v) is 8.37. The summed E-state index contributed by atoms with van der Waals surface area (Å²) in [7, 11) is 3.69. The Bertz CT molecular complexity index is 992. The van der Waals surface area contributed by atoms with Crippen LogP contribution in [0, 0.1) is 13.8 Å². The largest absolute Gasteiger partial charge is 0.332 e. The smallest absolute Gasteiger partial charge is 0.325 e. The molecule has 1 aliphatic heterocycles. The van der Waals surface area contributed by atoms with Crippen LogP contribution in [0.2, 0.25) is 0 Å². The van der Waals surface area contributed by atoms with Crippen LogP contribution >= 0.6 is 0 Å². The van der Waals surface area contributed by atoms with Crippen molar-refractivity contribution < 1.29 is 4.79 Å². The zero-order valence-corrected chi connectivity index (χ0v) is 15.2. The van der Waals surface area contributed by atoms with E-state index < -0.39 is 0 Å². The second-order valence-corrected chi connectivity index (χ2v) is 6.45. The van der Waals surface area contributed by atoms with Gasteiger partial charge in [-0.3, -0.25) is 9.88 Å². The maximum atomic E-state index is 12.1. The fraction of sp³-hybridized carbons (Fsp3) is 0.353. The van der Waals surface area contributed by atoms with E-state index in [1.807, 2.05) is 43.8 Å². The van der Waals surface area contributed by atoms with E-state index in [4.69, 9.17) is 0 Å². The van der Waals surface area contributed by atoms with Crippen molar-refractivity contribution in [2.24, 2.45) is 7.05 Å². The van der Waals surface area contributed by atoms with E-state index in [9.17, 15) is 4.79 Å². The summed E-state index contributed by atoms with van der Waals surface area (Å²) in [6.07, 6.45) is 7.29. The van der Waals surface area contributed by atoms with Gasteiger partial charge in [-0.15, -0.1) is 5.10 Å². The third-order valence-corrected chi connectivity index (χ3v) is 4.50. The molecule has 3 aromatic rings. The van der Waals surface area contributed by atoms with Gasteiger partial charge in [-0.1, -0.05) is 0 Å². The molecule has 0 N–H and O–H groups in total. The Kier molecular flexibility index (Phi) is 3.71. The highest BCUT2D eigenvalue weighted by Gasteiger charge is 2.28. The molecular formula is C17H20N8O. The minimum Gasteiger partial charge on any atom is -0.332 e. The molecule has 4 heterocycles. The number of likely N-dealkylation sites (N-methyl/N-ethyl adjacent to an activating group) is 1. The summed E-state index contributed by atoms with van der Waals surface area (Å²) in [6.45, 7) is 5.20. The third-order valence-electron chi connectivity index (χ3n) is 4.50. The van der Waals surface area contributed by atoms with Crippen LogP contribution in [0.4, 0.5) is 10.6 Å². The number of carbonyl (C=O) groups excluding carboxylic acids is 1.